The van der Waals surface area contributed by atoms with Crippen molar-refractivity contribution >= 4 is 23.2 Å². The molecule has 5 nitrogen and oxygen atoms in total. The normalized spacial score (nSPS) is 22.3. The van der Waals surface area contributed by atoms with Crippen LogP contribution < -0.4 is 14.8 Å². The molecule has 0 unspecified atom stereocenters. The van der Waals surface area contributed by atoms with Crippen molar-refractivity contribution in [2.24, 2.45) is 10.8 Å². The summed E-state index contributed by atoms with van der Waals surface area (Å²) < 4.78 is 11.3. The van der Waals surface area contributed by atoms with Crippen molar-refractivity contribution in [1.29, 1.82) is 0 Å². The van der Waals surface area contributed by atoms with E-state index >= 15 is 0 Å². The van der Waals surface area contributed by atoms with E-state index in [9.17, 15) is 9.59 Å². The molecule has 172 valence electrons. The van der Waals surface area contributed by atoms with E-state index in [-0.39, 0.29) is 22.4 Å². The van der Waals surface area contributed by atoms with E-state index in [1.165, 1.54) is 0 Å². The predicted molar refractivity (Wildman–Crippen MR) is 125 cm³/mol. The zero-order valence-electron chi connectivity index (χ0n) is 19.8. The summed E-state index contributed by atoms with van der Waals surface area (Å²) in [5, 5.41) is 3.95. The molecular weight excluding hydrogens is 426 g/mol. The molecule has 0 spiro atoms. The zero-order chi connectivity index (χ0) is 23.4. The first kappa shape index (κ1) is 22.9. The van der Waals surface area contributed by atoms with Gasteiger partial charge in [-0.3, -0.25) is 9.59 Å². The Balaban J connectivity index is 1.94. The van der Waals surface area contributed by atoms with Crippen molar-refractivity contribution in [2.45, 2.75) is 66.2 Å². The van der Waals surface area contributed by atoms with Gasteiger partial charge >= 0.3 is 0 Å². The first-order chi connectivity index (χ1) is 15.0. The lowest BCUT2D eigenvalue weighted by molar-refractivity contribution is -0.119. The highest BCUT2D eigenvalue weighted by Crippen LogP contribution is 2.52. The van der Waals surface area contributed by atoms with Crippen LogP contribution in [0.5, 0.6) is 11.5 Å². The summed E-state index contributed by atoms with van der Waals surface area (Å²) in [6.45, 7) is 10.8. The molecule has 1 N–H and O–H groups in total. The maximum absolute atomic E-state index is 13.4. The van der Waals surface area contributed by atoms with E-state index in [2.05, 4.69) is 33.0 Å². The number of hydrogen-bond acceptors (Lipinski definition) is 5. The highest BCUT2D eigenvalue weighted by atomic mass is 35.5. The summed E-state index contributed by atoms with van der Waals surface area (Å²) in [6, 6.07) is 3.68. The zero-order valence-corrected chi connectivity index (χ0v) is 20.5. The lowest BCUT2D eigenvalue weighted by Crippen LogP contribution is -2.42. The maximum atomic E-state index is 13.4. The molecule has 0 saturated carbocycles. The van der Waals surface area contributed by atoms with E-state index < -0.39 is 5.92 Å². The standard InChI is InChI=1S/C26H32ClNO4/c1-7-32-24-15(27)8-14(9-20(24)31-6)21-22-16(10-25(2,3)12-18(22)29)28-17-11-26(4,5)13-19(30)23(17)21/h8-9,21,28H,7,10-13H2,1-6H3. The molecule has 2 aliphatic carbocycles. The molecule has 0 bridgehead atoms. The van der Waals surface area contributed by atoms with E-state index in [0.717, 1.165) is 29.8 Å². The lowest BCUT2D eigenvalue weighted by atomic mass is 9.64. The van der Waals surface area contributed by atoms with Crippen LogP contribution in [-0.2, 0) is 9.59 Å². The molecule has 0 saturated heterocycles. The number of hydrogen-bond donors (Lipinski definition) is 1. The highest BCUT2D eigenvalue weighted by Gasteiger charge is 2.46. The SMILES string of the molecule is CCOc1c(Cl)cc(C2C3=C(CC(C)(C)CC3=O)NC3=C2C(=O)CC(C)(C)C3)cc1OC. The van der Waals surface area contributed by atoms with E-state index in [0.29, 0.717) is 47.1 Å². The van der Waals surface area contributed by atoms with Gasteiger partial charge < -0.3 is 14.8 Å². The van der Waals surface area contributed by atoms with E-state index in [1.54, 1.807) is 7.11 Å². The Bertz CT molecular complexity index is 1010. The lowest BCUT2D eigenvalue weighted by Gasteiger charge is -2.44. The van der Waals surface area contributed by atoms with Crippen LogP contribution in [0.1, 0.15) is 71.8 Å². The summed E-state index contributed by atoms with van der Waals surface area (Å²) in [5.41, 5.74) is 3.78. The monoisotopic (exact) mass is 457 g/mol. The molecule has 1 aliphatic heterocycles. The molecule has 1 heterocycles. The second-order valence-corrected chi connectivity index (χ2v) is 11.1. The first-order valence-corrected chi connectivity index (χ1v) is 11.6. The van der Waals surface area contributed by atoms with Gasteiger partial charge in [0.2, 0.25) is 0 Å². The van der Waals surface area contributed by atoms with Gasteiger partial charge in [-0.15, -0.1) is 0 Å². The van der Waals surface area contributed by atoms with Crippen molar-refractivity contribution in [3.05, 3.63) is 45.3 Å². The van der Waals surface area contributed by atoms with Gasteiger partial charge in [0.05, 0.1) is 18.7 Å². The van der Waals surface area contributed by atoms with Crippen LogP contribution in [0.4, 0.5) is 0 Å². The third-order valence-corrected chi connectivity index (χ3v) is 6.87. The molecule has 1 aromatic rings. The Kier molecular flexibility index (Phi) is 5.69. The molecular formula is C26H32ClNO4. The van der Waals surface area contributed by atoms with Gasteiger partial charge in [-0.1, -0.05) is 39.3 Å². The van der Waals surface area contributed by atoms with Crippen LogP contribution in [0.2, 0.25) is 5.02 Å². The van der Waals surface area contributed by atoms with Crippen LogP contribution >= 0.6 is 11.6 Å². The van der Waals surface area contributed by atoms with Gasteiger partial charge in [0.15, 0.2) is 23.1 Å². The Labute approximate surface area is 195 Å². The predicted octanol–water partition coefficient (Wildman–Crippen LogP) is 5.72. The summed E-state index contributed by atoms with van der Waals surface area (Å²) >= 11 is 6.60. The van der Waals surface area contributed by atoms with Crippen LogP contribution in [0, 0.1) is 10.8 Å². The number of benzene rings is 1. The smallest absolute Gasteiger partial charge is 0.179 e. The molecule has 0 amide bonds. The van der Waals surface area contributed by atoms with Crippen molar-refractivity contribution in [3.8, 4) is 11.5 Å². The fraction of sp³-hybridized carbons (Fsp3) is 0.538. The number of dihydropyridines is 1. The van der Waals surface area contributed by atoms with Gasteiger partial charge in [-0.05, 0) is 48.3 Å². The minimum absolute atomic E-state index is 0.0851. The molecule has 32 heavy (non-hydrogen) atoms. The fourth-order valence-electron chi connectivity index (χ4n) is 5.41. The summed E-state index contributed by atoms with van der Waals surface area (Å²) in [6.07, 6.45) is 2.43. The quantitative estimate of drug-likeness (QED) is 0.626. The maximum Gasteiger partial charge on any atom is 0.179 e. The third-order valence-electron chi connectivity index (χ3n) is 6.59. The van der Waals surface area contributed by atoms with E-state index in [1.807, 2.05) is 19.1 Å². The first-order valence-electron chi connectivity index (χ1n) is 11.3. The number of halogens is 1. The average Bonchev–Trinajstić information content (AvgIpc) is 2.65. The molecule has 6 heteroatoms. The fourth-order valence-corrected chi connectivity index (χ4v) is 5.69. The van der Waals surface area contributed by atoms with Crippen LogP contribution in [-0.4, -0.2) is 25.3 Å². The van der Waals surface area contributed by atoms with Gasteiger partial charge in [-0.2, -0.15) is 0 Å². The van der Waals surface area contributed by atoms with Gasteiger partial charge in [0.1, 0.15) is 0 Å². The number of Topliss-reactive ketones (excluding diaryl/α,β-unsaturated/α-hetero) is 2. The Morgan fingerprint density at radius 2 is 1.50 bits per heavy atom. The van der Waals surface area contributed by atoms with Crippen molar-refractivity contribution < 1.29 is 19.1 Å². The molecule has 3 aliphatic rings. The third kappa shape index (κ3) is 3.96. The number of methoxy groups -OCH3 is 1. The number of carbonyl (C=O) groups is 2. The number of ketones is 2. The highest BCUT2D eigenvalue weighted by molar-refractivity contribution is 6.32. The number of carbonyl (C=O) groups excluding carboxylic acids is 2. The Morgan fingerprint density at radius 1 is 0.969 bits per heavy atom. The number of allylic oxidation sites excluding steroid dienone is 4. The van der Waals surface area contributed by atoms with Crippen molar-refractivity contribution in [1.82, 2.24) is 5.32 Å². The van der Waals surface area contributed by atoms with Crippen LogP contribution in [0.3, 0.4) is 0 Å². The molecule has 4 rings (SSSR count). The largest absolute Gasteiger partial charge is 0.493 e. The second-order valence-electron chi connectivity index (χ2n) is 10.7. The van der Waals surface area contributed by atoms with Gasteiger partial charge in [0, 0.05) is 41.3 Å². The van der Waals surface area contributed by atoms with Crippen molar-refractivity contribution in [3.63, 3.8) is 0 Å². The average molecular weight is 458 g/mol. The molecule has 0 atom stereocenters. The Hall–Kier alpha value is -2.27. The second kappa shape index (κ2) is 7.95. The van der Waals surface area contributed by atoms with Gasteiger partial charge in [0.25, 0.3) is 0 Å². The molecule has 1 aromatic carbocycles. The molecule has 0 aromatic heterocycles. The number of nitrogens with one attached hydrogen (secondary N) is 1. The minimum atomic E-state index is -0.449. The van der Waals surface area contributed by atoms with Crippen LogP contribution in [0.25, 0.3) is 0 Å². The summed E-state index contributed by atoms with van der Waals surface area (Å²) in [5.74, 6) is 0.702. The molecule has 0 fully saturated rings. The molecule has 0 radical (unpaired) electrons. The number of rotatable bonds is 4. The summed E-state index contributed by atoms with van der Waals surface area (Å²) in [4.78, 5) is 26.8. The minimum Gasteiger partial charge on any atom is -0.493 e. The summed E-state index contributed by atoms with van der Waals surface area (Å²) in [7, 11) is 1.57. The Morgan fingerprint density at radius 3 is 1.97 bits per heavy atom. The van der Waals surface area contributed by atoms with E-state index in [4.69, 9.17) is 21.1 Å². The van der Waals surface area contributed by atoms with Crippen LogP contribution in [0.15, 0.2) is 34.7 Å². The van der Waals surface area contributed by atoms with Crippen molar-refractivity contribution in [2.75, 3.05) is 13.7 Å². The topological polar surface area (TPSA) is 64.6 Å². The van der Waals surface area contributed by atoms with Gasteiger partial charge in [-0.25, -0.2) is 0 Å². The number of ether oxygens (including phenoxy) is 2.